The van der Waals surface area contributed by atoms with Gasteiger partial charge in [0.05, 0.1) is 5.56 Å². The molecule has 2 heteroatoms. The molecular weight excluding hydrogens is 184 g/mol. The SMILES string of the molecule is CCCC(C)(C)c1c(C)cncc1C#N. The van der Waals surface area contributed by atoms with Crippen molar-refractivity contribution in [3.63, 3.8) is 0 Å². The summed E-state index contributed by atoms with van der Waals surface area (Å²) in [4.78, 5) is 4.07. The van der Waals surface area contributed by atoms with Crippen molar-refractivity contribution in [2.24, 2.45) is 0 Å². The van der Waals surface area contributed by atoms with Gasteiger partial charge in [-0.3, -0.25) is 4.98 Å². The topological polar surface area (TPSA) is 36.7 Å². The van der Waals surface area contributed by atoms with E-state index in [2.05, 4.69) is 31.8 Å². The molecule has 2 nitrogen and oxygen atoms in total. The quantitative estimate of drug-likeness (QED) is 0.753. The molecule has 1 aromatic heterocycles. The van der Waals surface area contributed by atoms with Crippen LogP contribution in [-0.4, -0.2) is 4.98 Å². The number of rotatable bonds is 3. The van der Waals surface area contributed by atoms with Crippen molar-refractivity contribution in [1.82, 2.24) is 4.98 Å². The van der Waals surface area contributed by atoms with E-state index in [9.17, 15) is 0 Å². The minimum absolute atomic E-state index is 0.0623. The first-order valence-electron chi connectivity index (χ1n) is 5.38. The van der Waals surface area contributed by atoms with E-state index in [0.717, 1.165) is 24.0 Å². The summed E-state index contributed by atoms with van der Waals surface area (Å²) in [6.45, 7) is 8.59. The molecule has 15 heavy (non-hydrogen) atoms. The van der Waals surface area contributed by atoms with Crippen LogP contribution in [0.3, 0.4) is 0 Å². The van der Waals surface area contributed by atoms with Gasteiger partial charge >= 0.3 is 0 Å². The highest BCUT2D eigenvalue weighted by molar-refractivity contribution is 5.44. The number of pyridine rings is 1. The Hall–Kier alpha value is -1.36. The van der Waals surface area contributed by atoms with E-state index in [-0.39, 0.29) is 5.41 Å². The zero-order valence-corrected chi connectivity index (χ0v) is 9.96. The molecule has 0 unspecified atom stereocenters. The Morgan fingerprint density at radius 2 is 2.07 bits per heavy atom. The second-order valence-corrected chi connectivity index (χ2v) is 4.62. The van der Waals surface area contributed by atoms with Gasteiger partial charge in [-0.1, -0.05) is 27.2 Å². The molecule has 0 atom stereocenters. The smallest absolute Gasteiger partial charge is 0.101 e. The zero-order chi connectivity index (χ0) is 11.5. The van der Waals surface area contributed by atoms with Crippen LogP contribution in [0.4, 0.5) is 0 Å². The van der Waals surface area contributed by atoms with Crippen molar-refractivity contribution in [3.05, 3.63) is 29.1 Å². The van der Waals surface area contributed by atoms with Crippen molar-refractivity contribution in [2.75, 3.05) is 0 Å². The second kappa shape index (κ2) is 4.44. The molecule has 0 aliphatic rings. The van der Waals surface area contributed by atoms with E-state index in [1.807, 2.05) is 13.1 Å². The molecule has 1 rings (SSSR count). The summed E-state index contributed by atoms with van der Waals surface area (Å²) in [6, 6.07) is 2.24. The van der Waals surface area contributed by atoms with Gasteiger partial charge in [-0.05, 0) is 29.9 Å². The summed E-state index contributed by atoms with van der Waals surface area (Å²) in [5, 5.41) is 9.08. The van der Waals surface area contributed by atoms with Crippen molar-refractivity contribution < 1.29 is 0 Å². The Bertz CT molecular complexity index is 386. The summed E-state index contributed by atoms with van der Waals surface area (Å²) in [6.07, 6.45) is 5.72. The molecule has 0 fully saturated rings. The minimum Gasteiger partial charge on any atom is -0.263 e. The molecule has 0 N–H and O–H groups in total. The highest BCUT2D eigenvalue weighted by Gasteiger charge is 2.24. The molecule has 0 aromatic carbocycles. The molecule has 80 valence electrons. The van der Waals surface area contributed by atoms with Crippen LogP contribution in [0.25, 0.3) is 0 Å². The number of nitrogens with zero attached hydrogens (tertiary/aromatic N) is 2. The predicted octanol–water partition coefficient (Wildman–Crippen LogP) is 3.34. The van der Waals surface area contributed by atoms with Crippen molar-refractivity contribution in [3.8, 4) is 6.07 Å². The maximum absolute atomic E-state index is 9.08. The van der Waals surface area contributed by atoms with E-state index >= 15 is 0 Å². The van der Waals surface area contributed by atoms with Crippen molar-refractivity contribution in [2.45, 2.75) is 46.0 Å². The summed E-state index contributed by atoms with van der Waals surface area (Å²) in [5.74, 6) is 0. The van der Waals surface area contributed by atoms with Gasteiger partial charge in [0.15, 0.2) is 0 Å². The van der Waals surface area contributed by atoms with Crippen LogP contribution in [0.1, 0.15) is 50.3 Å². The highest BCUT2D eigenvalue weighted by Crippen LogP contribution is 2.32. The van der Waals surface area contributed by atoms with E-state index < -0.39 is 0 Å². The minimum atomic E-state index is 0.0623. The maximum atomic E-state index is 9.08. The highest BCUT2D eigenvalue weighted by atomic mass is 14.6. The van der Waals surface area contributed by atoms with Gasteiger partial charge in [0.1, 0.15) is 6.07 Å². The van der Waals surface area contributed by atoms with Gasteiger partial charge in [0.2, 0.25) is 0 Å². The summed E-state index contributed by atoms with van der Waals surface area (Å²) >= 11 is 0. The average Bonchev–Trinajstić information content (AvgIpc) is 2.16. The molecule has 0 bridgehead atoms. The fraction of sp³-hybridized carbons (Fsp3) is 0.538. The third-order valence-electron chi connectivity index (χ3n) is 2.81. The first-order valence-corrected chi connectivity index (χ1v) is 5.38. The number of nitriles is 1. The molecule has 0 amide bonds. The predicted molar refractivity (Wildman–Crippen MR) is 61.6 cm³/mol. The average molecular weight is 202 g/mol. The molecule has 0 aliphatic heterocycles. The maximum Gasteiger partial charge on any atom is 0.101 e. The van der Waals surface area contributed by atoms with Gasteiger partial charge in [-0.2, -0.15) is 5.26 Å². The molecular formula is C13H18N2. The van der Waals surface area contributed by atoms with Gasteiger partial charge in [0.25, 0.3) is 0 Å². The number of aromatic nitrogens is 1. The fourth-order valence-electron chi connectivity index (χ4n) is 2.30. The lowest BCUT2D eigenvalue weighted by Gasteiger charge is -2.27. The Kier molecular flexibility index (Phi) is 3.47. The third kappa shape index (κ3) is 2.36. The van der Waals surface area contributed by atoms with Crippen LogP contribution in [0.2, 0.25) is 0 Å². The Morgan fingerprint density at radius 1 is 1.40 bits per heavy atom. The Labute approximate surface area is 92.0 Å². The largest absolute Gasteiger partial charge is 0.263 e. The summed E-state index contributed by atoms with van der Waals surface area (Å²) in [7, 11) is 0. The molecule has 0 spiro atoms. The van der Waals surface area contributed by atoms with Gasteiger partial charge < -0.3 is 0 Å². The van der Waals surface area contributed by atoms with Crippen LogP contribution in [0.5, 0.6) is 0 Å². The Morgan fingerprint density at radius 3 is 2.60 bits per heavy atom. The molecule has 1 heterocycles. The number of hydrogen-bond donors (Lipinski definition) is 0. The van der Waals surface area contributed by atoms with E-state index in [4.69, 9.17) is 5.26 Å². The second-order valence-electron chi connectivity index (χ2n) is 4.62. The van der Waals surface area contributed by atoms with Gasteiger partial charge in [-0.15, -0.1) is 0 Å². The molecule has 0 saturated heterocycles. The van der Waals surface area contributed by atoms with Crippen molar-refractivity contribution >= 4 is 0 Å². The lowest BCUT2D eigenvalue weighted by atomic mass is 9.77. The lowest BCUT2D eigenvalue weighted by molar-refractivity contribution is 0.469. The molecule has 0 aliphatic carbocycles. The Balaban J connectivity index is 3.29. The first kappa shape index (κ1) is 11.7. The van der Waals surface area contributed by atoms with E-state index in [1.165, 1.54) is 0 Å². The number of aryl methyl sites for hydroxylation is 1. The first-order chi connectivity index (χ1) is 7.03. The normalized spacial score (nSPS) is 11.1. The lowest BCUT2D eigenvalue weighted by Crippen LogP contribution is -2.20. The van der Waals surface area contributed by atoms with Crippen LogP contribution < -0.4 is 0 Å². The summed E-state index contributed by atoms with van der Waals surface area (Å²) < 4.78 is 0. The third-order valence-corrected chi connectivity index (χ3v) is 2.81. The van der Waals surface area contributed by atoms with Gasteiger partial charge in [-0.25, -0.2) is 0 Å². The van der Waals surface area contributed by atoms with Crippen LogP contribution in [0.15, 0.2) is 12.4 Å². The monoisotopic (exact) mass is 202 g/mol. The molecule has 1 aromatic rings. The van der Waals surface area contributed by atoms with Crippen LogP contribution in [-0.2, 0) is 5.41 Å². The number of hydrogen-bond acceptors (Lipinski definition) is 2. The standard InChI is InChI=1S/C13H18N2/c1-5-6-13(3,4)12-10(2)8-15-9-11(12)7-14/h8-9H,5-6H2,1-4H3. The van der Waals surface area contributed by atoms with Crippen molar-refractivity contribution in [1.29, 1.82) is 5.26 Å². The fourth-order valence-corrected chi connectivity index (χ4v) is 2.30. The van der Waals surface area contributed by atoms with E-state index in [0.29, 0.717) is 5.56 Å². The molecule has 0 saturated carbocycles. The van der Waals surface area contributed by atoms with E-state index in [1.54, 1.807) is 6.20 Å². The van der Waals surface area contributed by atoms with Crippen LogP contribution in [0, 0.1) is 18.3 Å². The van der Waals surface area contributed by atoms with Crippen LogP contribution >= 0.6 is 0 Å². The zero-order valence-electron chi connectivity index (χ0n) is 9.96. The van der Waals surface area contributed by atoms with Gasteiger partial charge in [0, 0.05) is 12.4 Å². The molecule has 0 radical (unpaired) electrons. The summed E-state index contributed by atoms with van der Waals surface area (Å²) in [5.41, 5.74) is 3.05.